The van der Waals surface area contributed by atoms with Gasteiger partial charge in [0.25, 0.3) is 0 Å². The highest BCUT2D eigenvalue weighted by Gasteiger charge is 2.01. The molecule has 0 saturated carbocycles. The zero-order valence-electron chi connectivity index (χ0n) is 11.2. The number of aliphatic hydroxyl groups is 3. The minimum absolute atomic E-state index is 0.0648. The Hall–Kier alpha value is -0.290. The van der Waals surface area contributed by atoms with Crippen LogP contribution in [0.4, 0.5) is 0 Å². The van der Waals surface area contributed by atoms with Gasteiger partial charge in [0, 0.05) is 19.6 Å². The van der Waals surface area contributed by atoms with Crippen molar-refractivity contribution in [2.75, 3.05) is 46.1 Å². The number of nitrogens with zero attached hydrogens (tertiary/aromatic N) is 1. The van der Waals surface area contributed by atoms with Crippen LogP contribution in [0.1, 0.15) is 19.8 Å². The van der Waals surface area contributed by atoms with Gasteiger partial charge in [-0.1, -0.05) is 13.3 Å². The second-order valence-electron chi connectivity index (χ2n) is 3.62. The first-order valence-corrected chi connectivity index (χ1v) is 7.44. The fourth-order valence-electron chi connectivity index (χ4n) is 1.07. The van der Waals surface area contributed by atoms with Gasteiger partial charge >= 0.3 is 10.4 Å². The summed E-state index contributed by atoms with van der Waals surface area (Å²) in [7, 11) is -4.20. The molecule has 0 aliphatic rings. The molecule has 118 valence electrons. The zero-order valence-corrected chi connectivity index (χ0v) is 12.0. The lowest BCUT2D eigenvalue weighted by atomic mass is 10.4. The van der Waals surface area contributed by atoms with Gasteiger partial charge in [-0.05, 0) is 6.42 Å². The van der Waals surface area contributed by atoms with E-state index in [2.05, 4.69) is 4.18 Å². The predicted molar refractivity (Wildman–Crippen MR) is 70.1 cm³/mol. The summed E-state index contributed by atoms with van der Waals surface area (Å²) in [6.07, 6.45) is 1.48. The van der Waals surface area contributed by atoms with Gasteiger partial charge in [-0.2, -0.15) is 8.42 Å². The number of hydrogen-bond acceptors (Lipinski definition) is 7. The van der Waals surface area contributed by atoms with Gasteiger partial charge in [-0.15, -0.1) is 0 Å². The van der Waals surface area contributed by atoms with Crippen LogP contribution >= 0.6 is 0 Å². The van der Waals surface area contributed by atoms with E-state index in [1.54, 1.807) is 4.90 Å². The van der Waals surface area contributed by atoms with Gasteiger partial charge in [0.15, 0.2) is 0 Å². The molecule has 0 bridgehead atoms. The highest BCUT2D eigenvalue weighted by molar-refractivity contribution is 7.80. The summed E-state index contributed by atoms with van der Waals surface area (Å²) in [5.41, 5.74) is 0. The zero-order chi connectivity index (χ0) is 15.1. The molecule has 0 rings (SSSR count). The highest BCUT2D eigenvalue weighted by Crippen LogP contribution is 1.91. The summed E-state index contributed by atoms with van der Waals surface area (Å²) < 4.78 is 31.7. The molecule has 19 heavy (non-hydrogen) atoms. The second-order valence-corrected chi connectivity index (χ2v) is 4.71. The number of hydrogen-bond donors (Lipinski definition) is 4. The maximum atomic E-state index is 9.84. The van der Waals surface area contributed by atoms with Gasteiger partial charge in [-0.25, -0.2) is 4.18 Å². The molecule has 4 N–H and O–H groups in total. The lowest BCUT2D eigenvalue weighted by Crippen LogP contribution is -2.32. The molecule has 0 fully saturated rings. The van der Waals surface area contributed by atoms with E-state index in [9.17, 15) is 8.42 Å². The Morgan fingerprint density at radius 3 is 1.68 bits per heavy atom. The first kappa shape index (κ1) is 21.0. The average molecular weight is 303 g/mol. The molecule has 0 unspecified atom stereocenters. The Bertz CT molecular complexity index is 257. The third-order valence-electron chi connectivity index (χ3n) is 1.98. The van der Waals surface area contributed by atoms with E-state index in [4.69, 9.17) is 19.9 Å². The van der Waals surface area contributed by atoms with E-state index in [0.717, 1.165) is 6.42 Å². The van der Waals surface area contributed by atoms with Crippen molar-refractivity contribution in [3.63, 3.8) is 0 Å². The Morgan fingerprint density at radius 1 is 1.00 bits per heavy atom. The fraction of sp³-hybridized carbons (Fsp3) is 1.00. The van der Waals surface area contributed by atoms with Crippen LogP contribution in [0, 0.1) is 0 Å². The monoisotopic (exact) mass is 303 g/mol. The number of aliphatic hydroxyl groups excluding tert-OH is 3. The standard InChI is InChI=1S/C6H15NO3.C4H10O4S/c8-4-1-7(2-5-9)3-6-10;1-2-3-4-8-9(5,6)7/h8-10H,1-6H2;2-4H2,1H3,(H,5,6,7). The van der Waals surface area contributed by atoms with Crippen molar-refractivity contribution < 1.29 is 32.5 Å². The molecule has 0 amide bonds. The molecule has 0 aromatic heterocycles. The average Bonchev–Trinajstić information content (AvgIpc) is 2.30. The maximum Gasteiger partial charge on any atom is 0.397 e. The normalized spacial score (nSPS) is 11.3. The van der Waals surface area contributed by atoms with Gasteiger partial charge in [-0.3, -0.25) is 9.45 Å². The smallest absolute Gasteiger partial charge is 0.395 e. The minimum Gasteiger partial charge on any atom is -0.395 e. The fourth-order valence-corrected chi connectivity index (χ4v) is 1.40. The molecule has 0 atom stereocenters. The van der Waals surface area contributed by atoms with Crippen molar-refractivity contribution in [1.82, 2.24) is 4.90 Å². The van der Waals surface area contributed by atoms with E-state index in [1.165, 1.54) is 0 Å². The molecular weight excluding hydrogens is 278 g/mol. The van der Waals surface area contributed by atoms with Crippen LogP contribution in [0.3, 0.4) is 0 Å². The minimum atomic E-state index is -4.20. The lowest BCUT2D eigenvalue weighted by Gasteiger charge is -2.17. The highest BCUT2D eigenvalue weighted by atomic mass is 32.3. The molecule has 0 heterocycles. The van der Waals surface area contributed by atoms with E-state index >= 15 is 0 Å². The second kappa shape index (κ2) is 14.1. The van der Waals surface area contributed by atoms with Crippen molar-refractivity contribution >= 4 is 10.4 Å². The third-order valence-corrected chi connectivity index (χ3v) is 2.44. The topological polar surface area (TPSA) is 128 Å². The van der Waals surface area contributed by atoms with Crippen LogP contribution in [-0.4, -0.2) is 79.3 Å². The van der Waals surface area contributed by atoms with Gasteiger partial charge in [0.2, 0.25) is 0 Å². The molecule has 8 nitrogen and oxygen atoms in total. The first-order valence-electron chi connectivity index (χ1n) is 6.08. The Morgan fingerprint density at radius 2 is 1.42 bits per heavy atom. The van der Waals surface area contributed by atoms with Crippen LogP contribution < -0.4 is 0 Å². The molecule has 0 aromatic rings. The summed E-state index contributed by atoms with van der Waals surface area (Å²) in [4.78, 5) is 1.79. The van der Waals surface area contributed by atoms with Crippen LogP contribution in [0.2, 0.25) is 0 Å². The lowest BCUT2D eigenvalue weighted by molar-refractivity contribution is 0.136. The van der Waals surface area contributed by atoms with Crippen LogP contribution in [0.5, 0.6) is 0 Å². The SMILES string of the molecule is CCCCOS(=O)(=O)O.OCCN(CCO)CCO. The van der Waals surface area contributed by atoms with Crippen molar-refractivity contribution in [2.45, 2.75) is 19.8 Å². The van der Waals surface area contributed by atoms with Gasteiger partial charge in [0.1, 0.15) is 0 Å². The number of rotatable bonds is 10. The molecule has 0 aliphatic heterocycles. The largest absolute Gasteiger partial charge is 0.397 e. The predicted octanol–water partition coefficient (Wildman–Crippen LogP) is -1.13. The van der Waals surface area contributed by atoms with Crippen molar-refractivity contribution in [3.8, 4) is 0 Å². The van der Waals surface area contributed by atoms with Crippen molar-refractivity contribution in [2.24, 2.45) is 0 Å². The quantitative estimate of drug-likeness (QED) is 0.295. The van der Waals surface area contributed by atoms with Crippen LogP contribution in [0.25, 0.3) is 0 Å². The third kappa shape index (κ3) is 20.2. The van der Waals surface area contributed by atoms with E-state index in [1.807, 2.05) is 6.92 Å². The Kier molecular flexibility index (Phi) is 15.6. The van der Waals surface area contributed by atoms with E-state index in [-0.39, 0.29) is 26.4 Å². The summed E-state index contributed by atoms with van der Waals surface area (Å²) in [6.45, 7) is 3.71. The summed E-state index contributed by atoms with van der Waals surface area (Å²) in [5, 5.41) is 25.5. The van der Waals surface area contributed by atoms with Crippen LogP contribution in [0.15, 0.2) is 0 Å². The maximum absolute atomic E-state index is 9.84. The summed E-state index contributed by atoms with van der Waals surface area (Å²) in [5.74, 6) is 0. The van der Waals surface area contributed by atoms with Crippen molar-refractivity contribution in [1.29, 1.82) is 0 Å². The molecule has 0 aliphatic carbocycles. The van der Waals surface area contributed by atoms with E-state index in [0.29, 0.717) is 26.1 Å². The summed E-state index contributed by atoms with van der Waals surface area (Å²) in [6, 6.07) is 0. The molecular formula is C10H25NO7S. The Labute approximate surface area is 114 Å². The summed E-state index contributed by atoms with van der Waals surface area (Å²) >= 11 is 0. The number of unbranched alkanes of at least 4 members (excludes halogenated alkanes) is 1. The van der Waals surface area contributed by atoms with Gasteiger partial charge < -0.3 is 15.3 Å². The van der Waals surface area contributed by atoms with Gasteiger partial charge in [0.05, 0.1) is 26.4 Å². The molecule has 9 heteroatoms. The molecule has 0 spiro atoms. The van der Waals surface area contributed by atoms with Crippen molar-refractivity contribution in [3.05, 3.63) is 0 Å². The molecule has 0 radical (unpaired) electrons. The van der Waals surface area contributed by atoms with Crippen LogP contribution in [-0.2, 0) is 14.6 Å². The molecule has 0 saturated heterocycles. The molecule has 0 aromatic carbocycles. The Balaban J connectivity index is 0. The van der Waals surface area contributed by atoms with E-state index < -0.39 is 10.4 Å². The first-order chi connectivity index (χ1) is 8.91.